The Kier molecular flexibility index (Phi) is 4.88. The van der Waals surface area contributed by atoms with E-state index in [9.17, 15) is 9.59 Å². The summed E-state index contributed by atoms with van der Waals surface area (Å²) in [6.45, 7) is 2.54. The van der Waals surface area contributed by atoms with Crippen molar-refractivity contribution in [3.05, 3.63) is 30.1 Å². The third kappa shape index (κ3) is 3.86. The van der Waals surface area contributed by atoms with Crippen LogP contribution in [0.15, 0.2) is 24.4 Å². The second-order valence-corrected chi connectivity index (χ2v) is 6.27. The van der Waals surface area contributed by atoms with E-state index in [0.29, 0.717) is 26.1 Å². The summed E-state index contributed by atoms with van der Waals surface area (Å²) < 4.78 is 0. The Morgan fingerprint density at radius 2 is 2.35 bits per heavy atom. The van der Waals surface area contributed by atoms with E-state index in [2.05, 4.69) is 15.8 Å². The summed E-state index contributed by atoms with van der Waals surface area (Å²) in [6, 6.07) is 5.93. The van der Waals surface area contributed by atoms with Crippen molar-refractivity contribution in [3.8, 4) is 0 Å². The lowest BCUT2D eigenvalue weighted by Gasteiger charge is -2.24. The monoisotopic (exact) mass is 317 g/mol. The smallest absolute Gasteiger partial charge is 0.227 e. The molecule has 2 saturated heterocycles. The number of amides is 2. The largest absolute Gasteiger partial charge is 0.344 e. The van der Waals surface area contributed by atoms with Crippen molar-refractivity contribution in [1.82, 2.24) is 25.6 Å². The predicted molar refractivity (Wildman–Crippen MR) is 84.9 cm³/mol. The Morgan fingerprint density at radius 3 is 3.04 bits per heavy atom. The first kappa shape index (κ1) is 15.9. The van der Waals surface area contributed by atoms with Crippen LogP contribution >= 0.6 is 0 Å². The normalized spacial score (nSPS) is 24.2. The molecular weight excluding hydrogens is 294 g/mol. The number of nitrogens with zero attached hydrogens (tertiary/aromatic N) is 3. The third-order valence-electron chi connectivity index (χ3n) is 4.44. The highest BCUT2D eigenvalue weighted by Crippen LogP contribution is 2.21. The fourth-order valence-corrected chi connectivity index (χ4v) is 3.18. The number of nitrogens with one attached hydrogen (secondary N) is 2. The van der Waals surface area contributed by atoms with Gasteiger partial charge in [-0.1, -0.05) is 6.07 Å². The first-order valence-corrected chi connectivity index (χ1v) is 8.04. The molecule has 7 heteroatoms. The molecular formula is C16H23N5O2. The molecule has 3 rings (SSSR count). The van der Waals surface area contributed by atoms with Gasteiger partial charge < -0.3 is 9.80 Å². The molecule has 1 aromatic heterocycles. The maximum absolute atomic E-state index is 12.6. The van der Waals surface area contributed by atoms with Gasteiger partial charge in [0, 0.05) is 45.3 Å². The number of likely N-dealkylation sites (tertiary alicyclic amines) is 1. The van der Waals surface area contributed by atoms with E-state index in [1.54, 1.807) is 16.0 Å². The van der Waals surface area contributed by atoms with E-state index in [1.807, 2.05) is 25.2 Å². The van der Waals surface area contributed by atoms with Gasteiger partial charge in [0.1, 0.15) is 0 Å². The number of pyridine rings is 1. The van der Waals surface area contributed by atoms with Gasteiger partial charge in [0.2, 0.25) is 11.8 Å². The second-order valence-electron chi connectivity index (χ2n) is 6.27. The Labute approximate surface area is 136 Å². The number of likely N-dealkylation sites (N-methyl/N-ethyl adjacent to an activating group) is 1. The zero-order valence-electron chi connectivity index (χ0n) is 13.4. The van der Waals surface area contributed by atoms with Gasteiger partial charge in [-0.05, 0) is 18.6 Å². The van der Waals surface area contributed by atoms with Gasteiger partial charge in [-0.2, -0.15) is 0 Å². The summed E-state index contributed by atoms with van der Waals surface area (Å²) in [4.78, 5) is 32.4. The minimum absolute atomic E-state index is 0.0306. The van der Waals surface area contributed by atoms with Crippen molar-refractivity contribution in [3.63, 3.8) is 0 Å². The Bertz CT molecular complexity index is 559. The first-order chi connectivity index (χ1) is 11.1. The SMILES string of the molecule is CN(CC1CCNN1)C(=O)C1CC(=O)N(Cc2ccccn2)C1. The molecule has 0 aliphatic carbocycles. The molecule has 2 fully saturated rings. The van der Waals surface area contributed by atoms with Gasteiger partial charge in [0.25, 0.3) is 0 Å². The molecule has 2 unspecified atom stereocenters. The second kappa shape index (κ2) is 7.06. The lowest BCUT2D eigenvalue weighted by atomic mass is 10.1. The molecule has 2 amide bonds. The van der Waals surface area contributed by atoms with Crippen LogP contribution in [0.4, 0.5) is 0 Å². The zero-order chi connectivity index (χ0) is 16.2. The van der Waals surface area contributed by atoms with Crippen molar-refractivity contribution in [2.24, 2.45) is 5.92 Å². The highest BCUT2D eigenvalue weighted by Gasteiger charge is 2.36. The molecule has 3 heterocycles. The third-order valence-corrected chi connectivity index (χ3v) is 4.44. The van der Waals surface area contributed by atoms with Gasteiger partial charge in [-0.25, -0.2) is 0 Å². The number of aromatic nitrogens is 1. The van der Waals surface area contributed by atoms with Gasteiger partial charge in [-0.15, -0.1) is 0 Å². The lowest BCUT2D eigenvalue weighted by molar-refractivity contribution is -0.134. The summed E-state index contributed by atoms with van der Waals surface area (Å²) >= 11 is 0. The van der Waals surface area contributed by atoms with E-state index >= 15 is 0 Å². The van der Waals surface area contributed by atoms with Crippen LogP contribution in [-0.2, 0) is 16.1 Å². The Morgan fingerprint density at radius 1 is 1.48 bits per heavy atom. The molecule has 0 spiro atoms. The van der Waals surface area contributed by atoms with E-state index < -0.39 is 0 Å². The van der Waals surface area contributed by atoms with Gasteiger partial charge in [0.05, 0.1) is 18.2 Å². The summed E-state index contributed by atoms with van der Waals surface area (Å²) in [6.07, 6.45) is 3.02. The number of carbonyl (C=O) groups excluding carboxylic acids is 2. The van der Waals surface area contributed by atoms with Gasteiger partial charge >= 0.3 is 0 Å². The van der Waals surface area contributed by atoms with Gasteiger partial charge in [0.15, 0.2) is 0 Å². The van der Waals surface area contributed by atoms with E-state index in [-0.39, 0.29) is 23.8 Å². The zero-order valence-corrected chi connectivity index (χ0v) is 13.4. The lowest BCUT2D eigenvalue weighted by Crippen LogP contribution is -2.43. The van der Waals surface area contributed by atoms with Crippen LogP contribution in [0.2, 0.25) is 0 Å². The molecule has 0 bridgehead atoms. The summed E-state index contributed by atoms with van der Waals surface area (Å²) in [5, 5.41) is 0. The number of carbonyl (C=O) groups is 2. The summed E-state index contributed by atoms with van der Waals surface area (Å²) in [5.74, 6) is -0.163. The molecule has 0 aromatic carbocycles. The van der Waals surface area contributed by atoms with E-state index in [0.717, 1.165) is 18.7 Å². The van der Waals surface area contributed by atoms with Crippen LogP contribution in [0.1, 0.15) is 18.5 Å². The molecule has 1 aromatic rings. The predicted octanol–water partition coefficient (Wildman–Crippen LogP) is -0.245. The minimum Gasteiger partial charge on any atom is -0.344 e. The quantitative estimate of drug-likeness (QED) is 0.783. The average molecular weight is 317 g/mol. The number of hydrazine groups is 1. The van der Waals surface area contributed by atoms with Gasteiger partial charge in [-0.3, -0.25) is 25.4 Å². The van der Waals surface area contributed by atoms with Crippen molar-refractivity contribution >= 4 is 11.8 Å². The van der Waals surface area contributed by atoms with Crippen LogP contribution in [0, 0.1) is 5.92 Å². The van der Waals surface area contributed by atoms with Crippen LogP contribution in [-0.4, -0.2) is 59.3 Å². The van der Waals surface area contributed by atoms with Crippen LogP contribution in [0.5, 0.6) is 0 Å². The summed E-state index contributed by atoms with van der Waals surface area (Å²) in [5.41, 5.74) is 7.07. The summed E-state index contributed by atoms with van der Waals surface area (Å²) in [7, 11) is 1.81. The molecule has 2 aliphatic heterocycles. The fourth-order valence-electron chi connectivity index (χ4n) is 3.18. The van der Waals surface area contributed by atoms with Crippen molar-refractivity contribution in [1.29, 1.82) is 0 Å². The highest BCUT2D eigenvalue weighted by molar-refractivity contribution is 5.89. The molecule has 124 valence electrons. The Hall–Kier alpha value is -1.99. The molecule has 2 N–H and O–H groups in total. The standard InChI is InChI=1S/C16H23N5O2/c1-20(10-14-5-7-18-19-14)16(23)12-8-15(22)21(9-12)11-13-4-2-3-6-17-13/h2-4,6,12,14,18-19H,5,7-11H2,1H3. The molecule has 2 aliphatic rings. The maximum atomic E-state index is 12.6. The molecule has 23 heavy (non-hydrogen) atoms. The highest BCUT2D eigenvalue weighted by atomic mass is 16.2. The van der Waals surface area contributed by atoms with E-state index in [4.69, 9.17) is 0 Å². The number of hydrogen-bond donors (Lipinski definition) is 2. The average Bonchev–Trinajstić information content (AvgIpc) is 3.18. The minimum atomic E-state index is -0.245. The topological polar surface area (TPSA) is 77.6 Å². The molecule has 0 saturated carbocycles. The van der Waals surface area contributed by atoms with Crippen LogP contribution in [0.3, 0.4) is 0 Å². The number of hydrogen-bond acceptors (Lipinski definition) is 5. The molecule has 0 radical (unpaired) electrons. The van der Waals surface area contributed by atoms with Crippen LogP contribution < -0.4 is 10.9 Å². The van der Waals surface area contributed by atoms with Crippen molar-refractivity contribution < 1.29 is 9.59 Å². The molecule has 7 nitrogen and oxygen atoms in total. The van der Waals surface area contributed by atoms with Crippen molar-refractivity contribution in [2.45, 2.75) is 25.4 Å². The van der Waals surface area contributed by atoms with Crippen molar-refractivity contribution in [2.75, 3.05) is 26.7 Å². The fraction of sp³-hybridized carbons (Fsp3) is 0.562. The number of rotatable bonds is 5. The Balaban J connectivity index is 1.54. The van der Waals surface area contributed by atoms with E-state index in [1.165, 1.54) is 0 Å². The first-order valence-electron chi connectivity index (χ1n) is 8.04. The maximum Gasteiger partial charge on any atom is 0.227 e. The molecule has 2 atom stereocenters. The van der Waals surface area contributed by atoms with Crippen LogP contribution in [0.25, 0.3) is 0 Å².